The molecule has 1 atom stereocenters. The number of ether oxygens (including phenoxy) is 1. The molecule has 2 N–H and O–H groups in total. The van der Waals surface area contributed by atoms with Crippen LogP contribution in [0.15, 0.2) is 82.4 Å². The summed E-state index contributed by atoms with van der Waals surface area (Å²) in [4.78, 5) is 28.2. The van der Waals surface area contributed by atoms with Crippen LogP contribution in [0.2, 0.25) is 0 Å². The average Bonchev–Trinajstić information content (AvgIpc) is 3.65. The summed E-state index contributed by atoms with van der Waals surface area (Å²) in [5.41, 5.74) is 1.72. The van der Waals surface area contributed by atoms with Gasteiger partial charge in [-0.2, -0.15) is 0 Å². The van der Waals surface area contributed by atoms with Gasteiger partial charge in [0.15, 0.2) is 15.7 Å². The van der Waals surface area contributed by atoms with E-state index in [2.05, 4.69) is 27.4 Å². The van der Waals surface area contributed by atoms with Gasteiger partial charge in [-0.05, 0) is 56.2 Å². The maximum atomic E-state index is 13.8. The highest BCUT2D eigenvalue weighted by Gasteiger charge is 2.58. The molecule has 2 aliphatic rings. The zero-order chi connectivity index (χ0) is 27.7. The Labute approximate surface area is 231 Å². The van der Waals surface area contributed by atoms with E-state index in [1.807, 2.05) is 6.07 Å². The first-order chi connectivity index (χ1) is 19.4. The number of sulfone groups is 1. The van der Waals surface area contributed by atoms with E-state index in [-0.39, 0.29) is 17.0 Å². The lowest BCUT2D eigenvalue weighted by molar-refractivity contribution is 0.0985. The molecule has 1 saturated carbocycles. The van der Waals surface area contributed by atoms with Gasteiger partial charge in [0.1, 0.15) is 16.8 Å². The Balaban J connectivity index is 1.35. The van der Waals surface area contributed by atoms with Crippen LogP contribution in [0.25, 0.3) is 11.4 Å². The van der Waals surface area contributed by atoms with Crippen LogP contribution in [0.5, 0.6) is 0 Å². The molecule has 0 bridgehead atoms. The maximum Gasteiger partial charge on any atom is 0.327 e. The number of nitrogens with zero attached hydrogens (tertiary/aromatic N) is 4. The summed E-state index contributed by atoms with van der Waals surface area (Å²) in [6, 6.07) is 17.0. The Morgan fingerprint density at radius 3 is 2.50 bits per heavy atom. The Morgan fingerprint density at radius 2 is 1.82 bits per heavy atom. The molecule has 1 aliphatic carbocycles. The number of aromatic nitrogens is 3. The molecule has 1 saturated heterocycles. The molecule has 2 fully saturated rings. The summed E-state index contributed by atoms with van der Waals surface area (Å²) in [6.07, 6.45) is 3.77. The van der Waals surface area contributed by atoms with Crippen LogP contribution < -0.4 is 15.5 Å². The molecule has 0 unspecified atom stereocenters. The number of oxazole rings is 1. The first-order valence-electron chi connectivity index (χ1n) is 13.0. The normalized spacial score (nSPS) is 18.2. The lowest BCUT2D eigenvalue weighted by Crippen LogP contribution is -2.44. The monoisotopic (exact) mass is 560 g/mol. The zero-order valence-corrected chi connectivity index (χ0v) is 22.6. The Hall–Kier alpha value is -4.29. The molecule has 206 valence electrons. The molecule has 2 aromatic carbocycles. The Morgan fingerprint density at radius 1 is 1.05 bits per heavy atom. The van der Waals surface area contributed by atoms with Crippen molar-refractivity contribution in [2.24, 2.45) is 0 Å². The summed E-state index contributed by atoms with van der Waals surface area (Å²) in [6.45, 7) is 3.80. The second kappa shape index (κ2) is 10.4. The second-order valence-electron chi connectivity index (χ2n) is 9.86. The summed E-state index contributed by atoms with van der Waals surface area (Å²) in [5.74, 6) is 1.08. The number of hydrogen-bond acceptors (Lipinski definition) is 9. The summed E-state index contributed by atoms with van der Waals surface area (Å²) >= 11 is 0. The van der Waals surface area contributed by atoms with Gasteiger partial charge in [-0.3, -0.25) is 5.32 Å². The lowest BCUT2D eigenvalue weighted by Gasteiger charge is -2.34. The van der Waals surface area contributed by atoms with Crippen LogP contribution in [0.4, 0.5) is 22.3 Å². The van der Waals surface area contributed by atoms with Gasteiger partial charge in [0.25, 0.3) is 0 Å². The van der Waals surface area contributed by atoms with E-state index < -0.39 is 20.6 Å². The van der Waals surface area contributed by atoms with E-state index in [1.165, 1.54) is 12.5 Å². The third kappa shape index (κ3) is 4.91. The Bertz CT molecular complexity index is 1610. The van der Waals surface area contributed by atoms with Gasteiger partial charge >= 0.3 is 12.0 Å². The van der Waals surface area contributed by atoms with Crippen molar-refractivity contribution in [3.8, 4) is 11.4 Å². The molecule has 0 radical (unpaired) electrons. The molecular weight excluding hydrogens is 532 g/mol. The predicted octanol–water partition coefficient (Wildman–Crippen LogP) is 4.46. The third-order valence-electron chi connectivity index (χ3n) is 7.17. The predicted molar refractivity (Wildman–Crippen MR) is 149 cm³/mol. The molecule has 1 aliphatic heterocycles. The van der Waals surface area contributed by atoms with Gasteiger partial charge < -0.3 is 19.4 Å². The number of hydrogen-bond donors (Lipinski definition) is 2. The van der Waals surface area contributed by atoms with Gasteiger partial charge in [0.2, 0.25) is 0 Å². The van der Waals surface area contributed by atoms with Crippen molar-refractivity contribution in [3.63, 3.8) is 0 Å². The van der Waals surface area contributed by atoms with Crippen molar-refractivity contribution in [1.29, 1.82) is 0 Å². The number of amides is 2. The highest BCUT2D eigenvalue weighted by atomic mass is 32.2. The topological polar surface area (TPSA) is 140 Å². The quantitative estimate of drug-likeness (QED) is 0.335. The number of carbonyl (C=O) groups is 1. The average molecular weight is 561 g/mol. The molecule has 4 aromatic rings. The van der Waals surface area contributed by atoms with Crippen molar-refractivity contribution in [1.82, 2.24) is 15.0 Å². The molecular formula is C28H28N6O5S. The van der Waals surface area contributed by atoms with Crippen molar-refractivity contribution in [2.75, 3.05) is 35.3 Å². The minimum atomic E-state index is -3.68. The van der Waals surface area contributed by atoms with E-state index in [4.69, 9.17) is 19.1 Å². The van der Waals surface area contributed by atoms with Gasteiger partial charge in [-0.25, -0.2) is 28.2 Å². The highest BCUT2D eigenvalue weighted by molar-refractivity contribution is 7.92. The largest absolute Gasteiger partial charge is 0.432 e. The van der Waals surface area contributed by atoms with Crippen LogP contribution in [0, 0.1) is 0 Å². The summed E-state index contributed by atoms with van der Waals surface area (Å²) in [5, 5.41) is 5.22. The standard InChI is InChI=1S/C28H28N6O5S/c1-19-18-38-16-14-34(19)24-17-23(28(11-12-28)40(36,37)22-5-3-2-4-6-22)31-25(32-24)20-7-9-21(10-8-20)30-26(35)33-27-29-13-15-39-27/h2-10,13,15,17,19H,11-12,14,16,18H2,1H3,(H2,29,30,33,35)/t19-/m0/s1. The van der Waals surface area contributed by atoms with Crippen molar-refractivity contribution in [3.05, 3.63) is 78.8 Å². The maximum absolute atomic E-state index is 13.8. The van der Waals surface area contributed by atoms with Crippen LogP contribution in [-0.2, 0) is 19.3 Å². The van der Waals surface area contributed by atoms with Gasteiger partial charge in [-0.15, -0.1) is 0 Å². The van der Waals surface area contributed by atoms with Crippen molar-refractivity contribution >= 4 is 33.4 Å². The van der Waals surface area contributed by atoms with Gasteiger partial charge in [-0.1, -0.05) is 18.2 Å². The SMILES string of the molecule is C[C@H]1COCCN1c1cc(C2(S(=O)(=O)c3ccccc3)CC2)nc(-c2ccc(NC(=O)Nc3ncco3)cc2)n1. The van der Waals surface area contributed by atoms with E-state index in [9.17, 15) is 13.2 Å². The minimum Gasteiger partial charge on any atom is -0.432 e. The van der Waals surface area contributed by atoms with Crippen LogP contribution in [0.1, 0.15) is 25.5 Å². The molecule has 3 heterocycles. The highest BCUT2D eigenvalue weighted by Crippen LogP contribution is 2.55. The summed E-state index contributed by atoms with van der Waals surface area (Å²) < 4.78 is 37.2. The zero-order valence-electron chi connectivity index (χ0n) is 21.8. The smallest absolute Gasteiger partial charge is 0.327 e. The van der Waals surface area contributed by atoms with Crippen molar-refractivity contribution < 1.29 is 22.4 Å². The van der Waals surface area contributed by atoms with Crippen LogP contribution in [-0.4, -0.2) is 55.2 Å². The molecule has 11 nitrogen and oxygen atoms in total. The first kappa shape index (κ1) is 26.0. The number of anilines is 3. The fraction of sp³-hybridized carbons (Fsp3) is 0.286. The third-order valence-corrected chi connectivity index (χ3v) is 9.71. The Kier molecular flexibility index (Phi) is 6.72. The number of benzene rings is 2. The van der Waals surface area contributed by atoms with E-state index in [0.717, 1.165) is 0 Å². The summed E-state index contributed by atoms with van der Waals surface area (Å²) in [7, 11) is -3.68. The van der Waals surface area contributed by atoms with E-state index in [1.54, 1.807) is 54.6 Å². The second-order valence-corrected chi connectivity index (χ2v) is 12.1. The molecule has 0 spiro atoms. The lowest BCUT2D eigenvalue weighted by atomic mass is 10.1. The molecule has 2 aromatic heterocycles. The fourth-order valence-electron chi connectivity index (χ4n) is 4.86. The molecule has 40 heavy (non-hydrogen) atoms. The van der Waals surface area contributed by atoms with E-state index in [0.29, 0.717) is 61.2 Å². The molecule has 12 heteroatoms. The van der Waals surface area contributed by atoms with Crippen molar-refractivity contribution in [2.45, 2.75) is 35.4 Å². The number of urea groups is 1. The number of rotatable bonds is 7. The molecule has 6 rings (SSSR count). The van der Waals surface area contributed by atoms with Crippen LogP contribution in [0.3, 0.4) is 0 Å². The number of carbonyl (C=O) groups excluding carboxylic acids is 1. The van der Waals surface area contributed by atoms with Gasteiger partial charge in [0.05, 0.1) is 36.0 Å². The van der Waals surface area contributed by atoms with E-state index >= 15 is 0 Å². The minimum absolute atomic E-state index is 0.0685. The number of morpholine rings is 1. The molecule has 2 amide bonds. The fourth-order valence-corrected chi connectivity index (χ4v) is 6.85. The van der Waals surface area contributed by atoms with Gasteiger partial charge in [0, 0.05) is 23.9 Å². The first-order valence-corrected chi connectivity index (χ1v) is 14.5. The van der Waals surface area contributed by atoms with Crippen LogP contribution >= 0.6 is 0 Å². The number of nitrogens with one attached hydrogen (secondary N) is 2.